The average Bonchev–Trinajstić information content (AvgIpc) is 3.01. The fourth-order valence-electron chi connectivity index (χ4n) is 3.60. The van der Waals surface area contributed by atoms with Gasteiger partial charge in [-0.05, 0) is 38.6 Å². The number of nitrogens with one attached hydrogen (secondary N) is 1. The number of rotatable bonds is 5. The Kier molecular flexibility index (Phi) is 5.96. The van der Waals surface area contributed by atoms with Crippen LogP contribution in [0, 0.1) is 5.92 Å². The number of hydrogen-bond acceptors (Lipinski definition) is 4. The van der Waals surface area contributed by atoms with Gasteiger partial charge in [-0.2, -0.15) is 0 Å². The monoisotopic (exact) mass is 361 g/mol. The van der Waals surface area contributed by atoms with E-state index in [0.29, 0.717) is 24.0 Å². The van der Waals surface area contributed by atoms with E-state index in [0.717, 1.165) is 64.1 Å². The van der Waals surface area contributed by atoms with E-state index in [4.69, 9.17) is 0 Å². The third-order valence-corrected chi connectivity index (χ3v) is 5.32. The molecule has 144 valence electrons. The van der Waals surface area contributed by atoms with Crippen molar-refractivity contribution >= 4 is 11.8 Å². The van der Waals surface area contributed by atoms with Crippen LogP contribution in [0.25, 0.3) is 0 Å². The summed E-state index contributed by atoms with van der Waals surface area (Å²) in [4.78, 5) is 34.3. The summed E-state index contributed by atoms with van der Waals surface area (Å²) >= 11 is 0. The zero-order valence-corrected chi connectivity index (χ0v) is 16.3. The number of fused-ring (bicyclic) bond motifs is 1. The zero-order valence-electron chi connectivity index (χ0n) is 16.3. The number of imidazole rings is 1. The topological polar surface area (TPSA) is 70.5 Å². The molecule has 26 heavy (non-hydrogen) atoms. The van der Waals surface area contributed by atoms with Crippen molar-refractivity contribution < 1.29 is 9.59 Å². The quantitative estimate of drug-likeness (QED) is 0.860. The number of carbonyl (C=O) groups is 2. The first-order valence-corrected chi connectivity index (χ1v) is 9.82. The molecule has 1 fully saturated rings. The van der Waals surface area contributed by atoms with E-state index in [2.05, 4.69) is 36.1 Å². The van der Waals surface area contributed by atoms with Crippen molar-refractivity contribution in [1.82, 2.24) is 24.7 Å². The summed E-state index contributed by atoms with van der Waals surface area (Å²) in [7, 11) is 2.07. The smallest absolute Gasteiger partial charge is 0.287 e. The Hall–Kier alpha value is -1.89. The highest BCUT2D eigenvalue weighted by Crippen LogP contribution is 2.22. The van der Waals surface area contributed by atoms with Gasteiger partial charge in [0.25, 0.3) is 11.8 Å². The average molecular weight is 361 g/mol. The molecule has 7 nitrogen and oxygen atoms in total. The number of likely N-dealkylation sites (N-methyl/N-ethyl adjacent to an activating group) is 1. The molecule has 2 aliphatic heterocycles. The Morgan fingerprint density at radius 2 is 1.85 bits per heavy atom. The Balaban J connectivity index is 1.79. The molecule has 1 saturated heterocycles. The van der Waals surface area contributed by atoms with Crippen LogP contribution in [0.15, 0.2) is 0 Å². The van der Waals surface area contributed by atoms with Gasteiger partial charge < -0.3 is 19.7 Å². The third kappa shape index (κ3) is 4.09. The van der Waals surface area contributed by atoms with E-state index in [1.54, 1.807) is 0 Å². The lowest BCUT2D eigenvalue weighted by atomic mass is 10.1. The summed E-state index contributed by atoms with van der Waals surface area (Å²) in [5, 5.41) is 2.96. The lowest BCUT2D eigenvalue weighted by molar-refractivity contribution is 0.0657. The first kappa shape index (κ1) is 18.9. The SMILES string of the molecule is CC(C)CCNC(=O)c1nc(C(=O)N2CCN(C)CC2)c2n1CCCC2. The minimum absolute atomic E-state index is 0.0232. The third-order valence-electron chi connectivity index (χ3n) is 5.32. The Bertz CT molecular complexity index is 659. The number of piperazine rings is 1. The van der Waals surface area contributed by atoms with E-state index in [9.17, 15) is 9.59 Å². The van der Waals surface area contributed by atoms with Gasteiger partial charge in [0, 0.05) is 39.3 Å². The molecule has 7 heteroatoms. The number of carbonyl (C=O) groups excluding carboxylic acids is 2. The van der Waals surface area contributed by atoms with Crippen LogP contribution in [0.2, 0.25) is 0 Å². The summed E-state index contributed by atoms with van der Waals surface area (Å²) in [6.07, 6.45) is 3.83. The Morgan fingerprint density at radius 1 is 1.12 bits per heavy atom. The van der Waals surface area contributed by atoms with Crippen molar-refractivity contribution in [1.29, 1.82) is 0 Å². The molecule has 0 atom stereocenters. The van der Waals surface area contributed by atoms with Gasteiger partial charge in [0.15, 0.2) is 5.82 Å². The minimum Gasteiger partial charge on any atom is -0.349 e. The van der Waals surface area contributed by atoms with Gasteiger partial charge >= 0.3 is 0 Å². The molecule has 1 N–H and O–H groups in total. The maximum atomic E-state index is 13.0. The van der Waals surface area contributed by atoms with Gasteiger partial charge in [0.05, 0.1) is 5.69 Å². The summed E-state index contributed by atoms with van der Waals surface area (Å²) in [6, 6.07) is 0. The van der Waals surface area contributed by atoms with Crippen LogP contribution in [0.1, 0.15) is 59.9 Å². The van der Waals surface area contributed by atoms with E-state index >= 15 is 0 Å². The first-order chi connectivity index (χ1) is 12.5. The minimum atomic E-state index is -0.161. The Labute approximate surface area is 155 Å². The molecule has 3 rings (SSSR count). The van der Waals surface area contributed by atoms with Crippen molar-refractivity contribution in [3.63, 3.8) is 0 Å². The maximum Gasteiger partial charge on any atom is 0.287 e. The standard InChI is InChI=1S/C19H31N5O2/c1-14(2)7-8-20-18(25)17-21-16(15-6-4-5-9-24(15)17)19(26)23-12-10-22(3)11-13-23/h14H,4-13H2,1-3H3,(H,20,25). The van der Waals surface area contributed by atoms with Gasteiger partial charge in [-0.25, -0.2) is 4.98 Å². The lowest BCUT2D eigenvalue weighted by Crippen LogP contribution is -2.47. The second-order valence-electron chi connectivity index (χ2n) is 7.87. The van der Waals surface area contributed by atoms with Gasteiger partial charge in [0.2, 0.25) is 0 Å². The largest absolute Gasteiger partial charge is 0.349 e. The summed E-state index contributed by atoms with van der Waals surface area (Å²) in [5.74, 6) is 0.760. The predicted octanol–water partition coefficient (Wildman–Crippen LogP) is 1.38. The van der Waals surface area contributed by atoms with Crippen molar-refractivity contribution in [3.05, 3.63) is 17.2 Å². The van der Waals surface area contributed by atoms with E-state index in [1.807, 2.05) is 9.47 Å². The van der Waals surface area contributed by atoms with Crippen LogP contribution in [0.3, 0.4) is 0 Å². The van der Waals surface area contributed by atoms with Crippen molar-refractivity contribution in [2.75, 3.05) is 39.8 Å². The molecular weight excluding hydrogens is 330 g/mol. The van der Waals surface area contributed by atoms with Crippen molar-refractivity contribution in [2.24, 2.45) is 5.92 Å². The van der Waals surface area contributed by atoms with Gasteiger partial charge in [-0.3, -0.25) is 9.59 Å². The zero-order chi connectivity index (χ0) is 18.7. The lowest BCUT2D eigenvalue weighted by Gasteiger charge is -2.32. The van der Waals surface area contributed by atoms with Gasteiger partial charge in [-0.1, -0.05) is 13.8 Å². The molecule has 0 saturated carbocycles. The van der Waals surface area contributed by atoms with Crippen LogP contribution < -0.4 is 5.32 Å². The molecule has 0 unspecified atom stereocenters. The summed E-state index contributed by atoms with van der Waals surface area (Å²) in [5.41, 5.74) is 1.43. The molecule has 2 aliphatic rings. The second-order valence-corrected chi connectivity index (χ2v) is 7.87. The molecule has 0 radical (unpaired) electrons. The first-order valence-electron chi connectivity index (χ1n) is 9.82. The number of hydrogen-bond donors (Lipinski definition) is 1. The van der Waals surface area contributed by atoms with Gasteiger partial charge in [0.1, 0.15) is 5.69 Å². The Morgan fingerprint density at radius 3 is 2.54 bits per heavy atom. The fraction of sp³-hybridized carbons (Fsp3) is 0.737. The predicted molar refractivity (Wildman–Crippen MR) is 100 cm³/mol. The van der Waals surface area contributed by atoms with E-state index in [-0.39, 0.29) is 11.8 Å². The molecule has 0 bridgehead atoms. The molecule has 1 aromatic rings. The van der Waals surface area contributed by atoms with Crippen LogP contribution in [0.4, 0.5) is 0 Å². The molecule has 0 aromatic carbocycles. The summed E-state index contributed by atoms with van der Waals surface area (Å²) < 4.78 is 1.97. The van der Waals surface area contributed by atoms with Crippen LogP contribution in [0.5, 0.6) is 0 Å². The van der Waals surface area contributed by atoms with Crippen LogP contribution in [-0.4, -0.2) is 70.9 Å². The molecular formula is C19H31N5O2. The molecule has 1 aromatic heterocycles. The number of nitrogens with zero attached hydrogens (tertiary/aromatic N) is 4. The summed E-state index contributed by atoms with van der Waals surface area (Å²) in [6.45, 7) is 8.88. The van der Waals surface area contributed by atoms with Crippen LogP contribution >= 0.6 is 0 Å². The second kappa shape index (κ2) is 8.20. The van der Waals surface area contributed by atoms with Crippen LogP contribution in [-0.2, 0) is 13.0 Å². The molecule has 2 amide bonds. The highest BCUT2D eigenvalue weighted by Gasteiger charge is 2.30. The maximum absolute atomic E-state index is 13.0. The highest BCUT2D eigenvalue weighted by molar-refractivity contribution is 5.97. The highest BCUT2D eigenvalue weighted by atomic mass is 16.2. The number of aromatic nitrogens is 2. The van der Waals surface area contributed by atoms with Crippen molar-refractivity contribution in [2.45, 2.75) is 46.1 Å². The normalized spacial score (nSPS) is 18.1. The molecule has 0 spiro atoms. The fourth-order valence-corrected chi connectivity index (χ4v) is 3.60. The number of amides is 2. The van der Waals surface area contributed by atoms with E-state index in [1.165, 1.54) is 0 Å². The molecule has 3 heterocycles. The molecule has 0 aliphatic carbocycles. The van der Waals surface area contributed by atoms with Gasteiger partial charge in [-0.15, -0.1) is 0 Å². The van der Waals surface area contributed by atoms with E-state index < -0.39 is 0 Å². The van der Waals surface area contributed by atoms with Crippen molar-refractivity contribution in [3.8, 4) is 0 Å².